The second-order valence-electron chi connectivity index (χ2n) is 2.42. The maximum Gasteiger partial charge on any atom is 0.161 e. The molecule has 0 aromatic carbocycles. The first-order valence-corrected chi connectivity index (χ1v) is 6.79. The fraction of sp³-hybridized carbons (Fsp3) is 0. The quantitative estimate of drug-likeness (QED) is 0.758. The van der Waals surface area contributed by atoms with E-state index in [2.05, 4.69) is 36.8 Å². The van der Waals surface area contributed by atoms with Crippen molar-refractivity contribution < 1.29 is 4.79 Å². The Balaban J connectivity index is 2.43. The van der Waals surface area contributed by atoms with Crippen LogP contribution in [0.2, 0.25) is 0 Å². The van der Waals surface area contributed by atoms with Crippen LogP contribution in [0.1, 0.15) is 9.67 Å². The normalized spacial score (nSPS) is 10.4. The first-order valence-electron chi connectivity index (χ1n) is 3.57. The monoisotopic (exact) mass is 351 g/mol. The number of thiazole rings is 1. The van der Waals surface area contributed by atoms with Crippen LogP contribution in [-0.4, -0.2) is 11.3 Å². The molecule has 72 valence electrons. The van der Waals surface area contributed by atoms with Gasteiger partial charge in [-0.2, -0.15) is 0 Å². The Hall–Kier alpha value is -0.0400. The summed E-state index contributed by atoms with van der Waals surface area (Å²) in [5.41, 5.74) is 0. The van der Waals surface area contributed by atoms with Crippen LogP contribution in [0.15, 0.2) is 20.5 Å². The number of nitrogens with zero attached hydrogens (tertiary/aromatic N) is 1. The molecule has 0 bridgehead atoms. The molecular formula is C8H3Br2NOS2. The van der Waals surface area contributed by atoms with Gasteiger partial charge in [-0.3, -0.25) is 4.79 Å². The molecule has 2 rings (SSSR count). The van der Waals surface area contributed by atoms with Gasteiger partial charge in [-0.1, -0.05) is 0 Å². The topological polar surface area (TPSA) is 30.0 Å². The zero-order valence-electron chi connectivity index (χ0n) is 6.66. The Morgan fingerprint density at radius 1 is 1.36 bits per heavy atom. The second kappa shape index (κ2) is 4.22. The standard InChI is InChI=1S/C8H3Br2NOS2/c9-5-1-6(14-7(5)10)8-11-2-4(3-12)13-8/h1-3H. The molecule has 0 aliphatic rings. The van der Waals surface area contributed by atoms with Crippen LogP contribution in [0, 0.1) is 0 Å². The molecule has 0 aliphatic heterocycles. The van der Waals surface area contributed by atoms with Gasteiger partial charge >= 0.3 is 0 Å². The average molecular weight is 353 g/mol. The number of hydrogen-bond acceptors (Lipinski definition) is 4. The molecule has 0 radical (unpaired) electrons. The van der Waals surface area contributed by atoms with Gasteiger partial charge in [0, 0.05) is 10.7 Å². The third-order valence-corrected chi connectivity index (χ3v) is 5.84. The molecule has 2 aromatic rings. The lowest BCUT2D eigenvalue weighted by Gasteiger charge is -1.84. The molecule has 0 saturated carbocycles. The number of aldehydes is 1. The van der Waals surface area contributed by atoms with E-state index in [1.165, 1.54) is 11.3 Å². The summed E-state index contributed by atoms with van der Waals surface area (Å²) < 4.78 is 2.05. The van der Waals surface area contributed by atoms with Gasteiger partial charge in [-0.25, -0.2) is 4.98 Å². The summed E-state index contributed by atoms with van der Waals surface area (Å²) in [5, 5.41) is 0.878. The van der Waals surface area contributed by atoms with Crippen LogP contribution in [0.25, 0.3) is 9.88 Å². The van der Waals surface area contributed by atoms with E-state index in [-0.39, 0.29) is 0 Å². The minimum Gasteiger partial charge on any atom is -0.297 e. The van der Waals surface area contributed by atoms with E-state index in [1.54, 1.807) is 17.5 Å². The number of halogens is 2. The summed E-state index contributed by atoms with van der Waals surface area (Å²) in [6.45, 7) is 0. The summed E-state index contributed by atoms with van der Waals surface area (Å²) >= 11 is 9.81. The molecule has 0 aliphatic carbocycles. The lowest BCUT2D eigenvalue weighted by molar-refractivity contribution is 0.112. The summed E-state index contributed by atoms with van der Waals surface area (Å²) in [4.78, 5) is 16.4. The van der Waals surface area contributed by atoms with Gasteiger partial charge in [0.15, 0.2) is 6.29 Å². The van der Waals surface area contributed by atoms with Gasteiger partial charge in [-0.05, 0) is 37.9 Å². The van der Waals surface area contributed by atoms with Gasteiger partial charge in [0.1, 0.15) is 5.01 Å². The lowest BCUT2D eigenvalue weighted by atomic mass is 10.5. The maximum atomic E-state index is 10.5. The fourth-order valence-electron chi connectivity index (χ4n) is 0.907. The summed E-state index contributed by atoms with van der Waals surface area (Å²) in [6.07, 6.45) is 2.41. The van der Waals surface area contributed by atoms with Crippen LogP contribution < -0.4 is 0 Å². The highest BCUT2D eigenvalue weighted by Crippen LogP contribution is 2.39. The van der Waals surface area contributed by atoms with Crippen LogP contribution in [0.5, 0.6) is 0 Å². The zero-order valence-corrected chi connectivity index (χ0v) is 11.5. The Morgan fingerprint density at radius 2 is 2.14 bits per heavy atom. The van der Waals surface area contributed by atoms with E-state index in [1.807, 2.05) is 6.07 Å². The fourth-order valence-corrected chi connectivity index (χ4v) is 3.73. The summed E-state index contributed by atoms with van der Waals surface area (Å²) in [6, 6.07) is 1.99. The SMILES string of the molecule is O=Cc1cnc(-c2cc(Br)c(Br)s2)s1. The van der Waals surface area contributed by atoms with Gasteiger partial charge in [0.05, 0.1) is 13.5 Å². The first kappa shape index (κ1) is 10.5. The highest BCUT2D eigenvalue weighted by atomic mass is 79.9. The Kier molecular flexibility index (Phi) is 3.16. The molecule has 0 N–H and O–H groups in total. The van der Waals surface area contributed by atoms with Crippen molar-refractivity contribution in [3.05, 3.63) is 25.4 Å². The van der Waals surface area contributed by atoms with E-state index < -0.39 is 0 Å². The Bertz CT molecular complexity index is 458. The van der Waals surface area contributed by atoms with Gasteiger partial charge in [0.25, 0.3) is 0 Å². The van der Waals surface area contributed by atoms with Crippen molar-refractivity contribution in [2.24, 2.45) is 0 Å². The van der Waals surface area contributed by atoms with E-state index >= 15 is 0 Å². The number of thiophene rings is 1. The van der Waals surface area contributed by atoms with Crippen molar-refractivity contribution in [1.29, 1.82) is 0 Å². The Labute approximate surface area is 105 Å². The highest BCUT2D eigenvalue weighted by Gasteiger charge is 2.09. The van der Waals surface area contributed by atoms with Crippen molar-refractivity contribution in [3.8, 4) is 9.88 Å². The largest absolute Gasteiger partial charge is 0.297 e. The first-order chi connectivity index (χ1) is 6.70. The maximum absolute atomic E-state index is 10.5. The molecule has 2 aromatic heterocycles. The number of carbonyl (C=O) groups excluding carboxylic acids is 1. The number of carbonyl (C=O) groups is 1. The number of rotatable bonds is 2. The highest BCUT2D eigenvalue weighted by molar-refractivity contribution is 9.13. The number of hydrogen-bond donors (Lipinski definition) is 0. The van der Waals surface area contributed by atoms with Crippen molar-refractivity contribution >= 4 is 60.8 Å². The molecule has 0 fully saturated rings. The van der Waals surface area contributed by atoms with Gasteiger partial charge in [-0.15, -0.1) is 22.7 Å². The average Bonchev–Trinajstić information content (AvgIpc) is 2.74. The van der Waals surface area contributed by atoms with Crippen molar-refractivity contribution in [1.82, 2.24) is 4.98 Å². The molecule has 0 saturated heterocycles. The van der Waals surface area contributed by atoms with Crippen LogP contribution in [-0.2, 0) is 0 Å². The molecule has 0 amide bonds. The molecule has 0 unspecified atom stereocenters. The van der Waals surface area contributed by atoms with E-state index in [4.69, 9.17) is 0 Å². The third-order valence-electron chi connectivity index (χ3n) is 1.50. The van der Waals surface area contributed by atoms with Crippen LogP contribution in [0.3, 0.4) is 0 Å². The molecular weight excluding hydrogens is 350 g/mol. The van der Waals surface area contributed by atoms with E-state index in [0.29, 0.717) is 4.88 Å². The minimum atomic E-state index is 0.653. The second-order valence-corrected chi connectivity index (χ2v) is 6.70. The minimum absolute atomic E-state index is 0.653. The molecule has 2 nitrogen and oxygen atoms in total. The summed E-state index contributed by atoms with van der Waals surface area (Å²) in [7, 11) is 0. The predicted molar refractivity (Wildman–Crippen MR) is 66.2 cm³/mol. The van der Waals surface area contributed by atoms with E-state index in [0.717, 1.165) is 24.4 Å². The predicted octanol–water partition coefficient (Wildman–Crippen LogP) is 4.21. The van der Waals surface area contributed by atoms with Gasteiger partial charge in [0.2, 0.25) is 0 Å². The van der Waals surface area contributed by atoms with Gasteiger partial charge < -0.3 is 0 Å². The van der Waals surface area contributed by atoms with Crippen LogP contribution in [0.4, 0.5) is 0 Å². The molecule has 6 heteroatoms. The number of aromatic nitrogens is 1. The smallest absolute Gasteiger partial charge is 0.161 e. The lowest BCUT2D eigenvalue weighted by Crippen LogP contribution is -1.64. The third kappa shape index (κ3) is 1.98. The molecule has 0 atom stereocenters. The van der Waals surface area contributed by atoms with Crippen molar-refractivity contribution in [3.63, 3.8) is 0 Å². The van der Waals surface area contributed by atoms with Crippen LogP contribution >= 0.6 is 54.5 Å². The Morgan fingerprint density at radius 3 is 2.64 bits per heavy atom. The van der Waals surface area contributed by atoms with E-state index in [9.17, 15) is 4.79 Å². The molecule has 14 heavy (non-hydrogen) atoms. The zero-order chi connectivity index (χ0) is 10.1. The van der Waals surface area contributed by atoms with Crippen molar-refractivity contribution in [2.45, 2.75) is 0 Å². The molecule has 2 heterocycles. The molecule has 0 spiro atoms. The summed E-state index contributed by atoms with van der Waals surface area (Å²) in [5.74, 6) is 0. The van der Waals surface area contributed by atoms with Crippen molar-refractivity contribution in [2.75, 3.05) is 0 Å².